The van der Waals surface area contributed by atoms with Crippen LogP contribution in [-0.2, 0) is 0 Å². The molecule has 0 amide bonds. The summed E-state index contributed by atoms with van der Waals surface area (Å²) < 4.78 is 35.5. The zero-order valence-electron chi connectivity index (χ0n) is 9.82. The maximum Gasteiger partial charge on any atom is 0.401 e. The SMILES string of the molecule is CCCN1CCC(CCNCC(F)(F)F)C1. The molecular weight excluding hydrogens is 217 g/mol. The van der Waals surface area contributed by atoms with E-state index in [1.54, 1.807) is 0 Å². The molecule has 1 unspecified atom stereocenters. The molecule has 5 heteroatoms. The minimum Gasteiger partial charge on any atom is -0.309 e. The van der Waals surface area contributed by atoms with Gasteiger partial charge in [-0.2, -0.15) is 13.2 Å². The fraction of sp³-hybridized carbons (Fsp3) is 1.00. The van der Waals surface area contributed by atoms with E-state index in [2.05, 4.69) is 17.1 Å². The Balaban J connectivity index is 2.02. The van der Waals surface area contributed by atoms with E-state index in [9.17, 15) is 13.2 Å². The van der Waals surface area contributed by atoms with Crippen LogP contribution in [0.1, 0.15) is 26.2 Å². The summed E-state index contributed by atoms with van der Waals surface area (Å²) in [4.78, 5) is 2.40. The summed E-state index contributed by atoms with van der Waals surface area (Å²) in [7, 11) is 0. The molecule has 0 aromatic heterocycles. The second-order valence-electron chi connectivity index (χ2n) is 4.54. The van der Waals surface area contributed by atoms with Crippen molar-refractivity contribution in [2.45, 2.75) is 32.4 Å². The molecule has 0 aliphatic carbocycles. The molecule has 1 saturated heterocycles. The van der Waals surface area contributed by atoms with E-state index in [-0.39, 0.29) is 0 Å². The number of halogens is 3. The molecule has 0 aromatic rings. The van der Waals surface area contributed by atoms with Gasteiger partial charge in [0.2, 0.25) is 0 Å². The van der Waals surface area contributed by atoms with Gasteiger partial charge in [0, 0.05) is 6.54 Å². The van der Waals surface area contributed by atoms with Gasteiger partial charge in [-0.05, 0) is 44.8 Å². The van der Waals surface area contributed by atoms with Gasteiger partial charge in [0.1, 0.15) is 0 Å². The quantitative estimate of drug-likeness (QED) is 0.714. The molecule has 96 valence electrons. The van der Waals surface area contributed by atoms with Crippen LogP contribution in [0, 0.1) is 5.92 Å². The summed E-state index contributed by atoms with van der Waals surface area (Å²) in [5.41, 5.74) is 0. The average molecular weight is 238 g/mol. The standard InChI is InChI=1S/C11H21F3N2/c1-2-6-16-7-4-10(8-16)3-5-15-9-11(12,13)14/h10,15H,2-9H2,1H3. The zero-order chi connectivity index (χ0) is 12.0. The topological polar surface area (TPSA) is 15.3 Å². The van der Waals surface area contributed by atoms with Crippen molar-refractivity contribution in [3.05, 3.63) is 0 Å². The first kappa shape index (κ1) is 13.8. The van der Waals surface area contributed by atoms with Crippen molar-refractivity contribution in [3.63, 3.8) is 0 Å². The molecule has 1 aliphatic heterocycles. The molecule has 2 nitrogen and oxygen atoms in total. The molecule has 1 N–H and O–H groups in total. The fourth-order valence-electron chi connectivity index (χ4n) is 2.20. The van der Waals surface area contributed by atoms with Crippen LogP contribution in [0.3, 0.4) is 0 Å². The number of likely N-dealkylation sites (tertiary alicyclic amines) is 1. The van der Waals surface area contributed by atoms with E-state index >= 15 is 0 Å². The molecular formula is C11H21F3N2. The summed E-state index contributed by atoms with van der Waals surface area (Å²) in [6.45, 7) is 5.05. The lowest BCUT2D eigenvalue weighted by molar-refractivity contribution is -0.124. The Morgan fingerprint density at radius 3 is 2.75 bits per heavy atom. The summed E-state index contributed by atoms with van der Waals surface area (Å²) in [6.07, 6.45) is -0.938. The molecule has 1 atom stereocenters. The van der Waals surface area contributed by atoms with Gasteiger partial charge in [0.15, 0.2) is 0 Å². The Morgan fingerprint density at radius 1 is 1.38 bits per heavy atom. The van der Waals surface area contributed by atoms with Crippen molar-refractivity contribution in [2.75, 3.05) is 32.7 Å². The highest BCUT2D eigenvalue weighted by atomic mass is 19.4. The van der Waals surface area contributed by atoms with Crippen molar-refractivity contribution < 1.29 is 13.2 Å². The van der Waals surface area contributed by atoms with E-state index in [0.717, 1.165) is 38.9 Å². The van der Waals surface area contributed by atoms with Gasteiger partial charge in [0.25, 0.3) is 0 Å². The highest BCUT2D eigenvalue weighted by Gasteiger charge is 2.26. The number of nitrogens with zero attached hydrogens (tertiary/aromatic N) is 1. The molecule has 0 radical (unpaired) electrons. The second kappa shape index (κ2) is 6.45. The third kappa shape index (κ3) is 5.70. The number of alkyl halides is 3. The number of rotatable bonds is 6. The second-order valence-corrected chi connectivity index (χ2v) is 4.54. The summed E-state index contributed by atoms with van der Waals surface area (Å²) in [6, 6.07) is 0. The van der Waals surface area contributed by atoms with E-state index in [1.807, 2.05) is 0 Å². The number of hydrogen-bond acceptors (Lipinski definition) is 2. The molecule has 0 spiro atoms. The van der Waals surface area contributed by atoms with Crippen LogP contribution >= 0.6 is 0 Å². The van der Waals surface area contributed by atoms with Gasteiger partial charge >= 0.3 is 6.18 Å². The van der Waals surface area contributed by atoms with Crippen LogP contribution in [-0.4, -0.2) is 43.8 Å². The van der Waals surface area contributed by atoms with Crippen molar-refractivity contribution in [1.29, 1.82) is 0 Å². The van der Waals surface area contributed by atoms with Crippen molar-refractivity contribution in [2.24, 2.45) is 5.92 Å². The minimum absolute atomic E-state index is 0.476. The smallest absolute Gasteiger partial charge is 0.309 e. The van der Waals surface area contributed by atoms with Gasteiger partial charge in [0.05, 0.1) is 6.54 Å². The van der Waals surface area contributed by atoms with Gasteiger partial charge in [-0.1, -0.05) is 6.92 Å². The van der Waals surface area contributed by atoms with Gasteiger partial charge < -0.3 is 10.2 Å². The molecule has 1 fully saturated rings. The molecule has 0 aromatic carbocycles. The van der Waals surface area contributed by atoms with Crippen LogP contribution in [0.4, 0.5) is 13.2 Å². The van der Waals surface area contributed by atoms with E-state index in [1.165, 1.54) is 0 Å². The van der Waals surface area contributed by atoms with Crippen LogP contribution in [0.25, 0.3) is 0 Å². The van der Waals surface area contributed by atoms with Crippen LogP contribution in [0.5, 0.6) is 0 Å². The van der Waals surface area contributed by atoms with E-state index in [4.69, 9.17) is 0 Å². The third-order valence-electron chi connectivity index (χ3n) is 2.96. The van der Waals surface area contributed by atoms with Crippen molar-refractivity contribution in [3.8, 4) is 0 Å². The highest BCUT2D eigenvalue weighted by molar-refractivity contribution is 4.75. The first-order valence-corrected chi connectivity index (χ1v) is 6.01. The molecule has 1 aliphatic rings. The molecule has 16 heavy (non-hydrogen) atoms. The third-order valence-corrected chi connectivity index (χ3v) is 2.96. The lowest BCUT2D eigenvalue weighted by Crippen LogP contribution is -2.30. The van der Waals surface area contributed by atoms with Gasteiger partial charge in [-0.25, -0.2) is 0 Å². The predicted octanol–water partition coefficient (Wildman–Crippen LogP) is 2.26. The average Bonchev–Trinajstić information content (AvgIpc) is 2.60. The fourth-order valence-corrected chi connectivity index (χ4v) is 2.20. The van der Waals surface area contributed by atoms with Crippen LogP contribution < -0.4 is 5.32 Å². The molecule has 0 saturated carbocycles. The van der Waals surface area contributed by atoms with Crippen LogP contribution in [0.15, 0.2) is 0 Å². The molecule has 0 bridgehead atoms. The van der Waals surface area contributed by atoms with Crippen molar-refractivity contribution in [1.82, 2.24) is 10.2 Å². The normalized spacial score (nSPS) is 22.9. The zero-order valence-corrected chi connectivity index (χ0v) is 9.82. The minimum atomic E-state index is -4.08. The van der Waals surface area contributed by atoms with Crippen molar-refractivity contribution >= 4 is 0 Å². The van der Waals surface area contributed by atoms with Crippen LogP contribution in [0.2, 0.25) is 0 Å². The number of hydrogen-bond donors (Lipinski definition) is 1. The van der Waals surface area contributed by atoms with E-state index in [0.29, 0.717) is 12.5 Å². The summed E-state index contributed by atoms with van der Waals surface area (Å²) in [5.74, 6) is 0.576. The lowest BCUT2D eigenvalue weighted by Gasteiger charge is -2.15. The Kier molecular flexibility index (Phi) is 5.55. The van der Waals surface area contributed by atoms with Gasteiger partial charge in [-0.3, -0.25) is 0 Å². The lowest BCUT2D eigenvalue weighted by atomic mass is 10.1. The van der Waals surface area contributed by atoms with Gasteiger partial charge in [-0.15, -0.1) is 0 Å². The summed E-state index contributed by atoms with van der Waals surface area (Å²) >= 11 is 0. The monoisotopic (exact) mass is 238 g/mol. The largest absolute Gasteiger partial charge is 0.401 e. The Labute approximate surface area is 95.2 Å². The molecule has 1 rings (SSSR count). The Bertz CT molecular complexity index is 194. The predicted molar refractivity (Wildman–Crippen MR) is 58.4 cm³/mol. The maximum atomic E-state index is 11.8. The summed E-state index contributed by atoms with van der Waals surface area (Å²) in [5, 5.41) is 2.46. The van der Waals surface area contributed by atoms with E-state index < -0.39 is 12.7 Å². The highest BCUT2D eigenvalue weighted by Crippen LogP contribution is 2.19. The first-order chi connectivity index (χ1) is 7.51. The maximum absolute atomic E-state index is 11.8. The number of nitrogens with one attached hydrogen (secondary N) is 1. The Morgan fingerprint density at radius 2 is 2.12 bits per heavy atom. The first-order valence-electron chi connectivity index (χ1n) is 6.01. The Hall–Kier alpha value is -0.290. The molecule has 1 heterocycles.